The van der Waals surface area contributed by atoms with Crippen LogP contribution < -0.4 is 0 Å². The summed E-state index contributed by atoms with van der Waals surface area (Å²) in [7, 11) is 2.09. The van der Waals surface area contributed by atoms with E-state index in [-0.39, 0.29) is 0 Å². The maximum Gasteiger partial charge on any atom is 0.210 e. The summed E-state index contributed by atoms with van der Waals surface area (Å²) in [6, 6.07) is 4.08. The Morgan fingerprint density at radius 2 is 2.13 bits per heavy atom. The molecule has 1 aromatic rings. The molecule has 1 aromatic carbocycles. The molecule has 15 heavy (non-hydrogen) atoms. The second-order valence-corrected chi connectivity index (χ2v) is 4.40. The maximum absolute atomic E-state index is 6.11. The van der Waals surface area contributed by atoms with Gasteiger partial charge in [0.25, 0.3) is 0 Å². The molecule has 0 saturated heterocycles. The molecular formula is C13H15ClN+. The zero-order chi connectivity index (χ0) is 11.0. The van der Waals surface area contributed by atoms with E-state index < -0.39 is 0 Å². The van der Waals surface area contributed by atoms with E-state index in [0.29, 0.717) is 0 Å². The molecule has 1 aliphatic heterocycles. The third-order valence-electron chi connectivity index (χ3n) is 2.94. The zero-order valence-corrected chi connectivity index (χ0v) is 10.1. The molecule has 1 aliphatic rings. The molecule has 0 aliphatic carbocycles. The van der Waals surface area contributed by atoms with Crippen molar-refractivity contribution >= 4 is 29.1 Å². The van der Waals surface area contributed by atoms with Gasteiger partial charge in [-0.2, -0.15) is 0 Å². The van der Waals surface area contributed by atoms with E-state index in [1.165, 1.54) is 22.5 Å². The first-order valence-electron chi connectivity index (χ1n) is 5.14. The number of rotatable bonds is 1. The van der Waals surface area contributed by atoms with Gasteiger partial charge in [0.2, 0.25) is 5.69 Å². The molecule has 1 heterocycles. The normalized spacial score (nSPS) is 15.2. The molecule has 0 fully saturated rings. The van der Waals surface area contributed by atoms with Gasteiger partial charge in [-0.3, -0.25) is 0 Å². The van der Waals surface area contributed by atoms with Crippen molar-refractivity contribution in [1.29, 1.82) is 0 Å². The molecule has 1 nitrogen and oxygen atoms in total. The summed E-state index contributed by atoms with van der Waals surface area (Å²) in [5.41, 5.74) is 5.24. The molecule has 0 amide bonds. The maximum atomic E-state index is 6.11. The molecule has 0 unspecified atom stereocenters. The van der Waals surface area contributed by atoms with E-state index in [1.807, 2.05) is 19.1 Å². The van der Waals surface area contributed by atoms with Crippen LogP contribution in [0.5, 0.6) is 0 Å². The highest BCUT2D eigenvalue weighted by atomic mass is 35.5. The van der Waals surface area contributed by atoms with Crippen molar-refractivity contribution in [2.24, 2.45) is 0 Å². The van der Waals surface area contributed by atoms with E-state index >= 15 is 0 Å². The molecule has 0 aromatic heterocycles. The highest BCUT2D eigenvalue weighted by molar-refractivity contribution is 6.31. The molecule has 0 bridgehead atoms. The molecular weight excluding hydrogens is 206 g/mol. The fraction of sp³-hybridized carbons (Fsp3) is 0.308. The van der Waals surface area contributed by atoms with Gasteiger partial charge in [0, 0.05) is 23.6 Å². The summed E-state index contributed by atoms with van der Waals surface area (Å²) in [5, 5.41) is 0.809. The molecule has 0 N–H and O–H groups in total. The van der Waals surface area contributed by atoms with Crippen LogP contribution >= 0.6 is 11.6 Å². The SMILES string of the molecule is C/C=C\c1cc(Cl)cc2c1CC(C)=[N+]2C. The van der Waals surface area contributed by atoms with Crippen LogP contribution in [0.3, 0.4) is 0 Å². The minimum Gasteiger partial charge on any atom is -0.202 e. The van der Waals surface area contributed by atoms with E-state index in [0.717, 1.165) is 11.4 Å². The summed E-state index contributed by atoms with van der Waals surface area (Å²) in [5.74, 6) is 0. The monoisotopic (exact) mass is 220 g/mol. The van der Waals surface area contributed by atoms with Crippen LogP contribution in [0.4, 0.5) is 5.69 Å². The average molecular weight is 221 g/mol. The Balaban J connectivity index is 2.63. The fourth-order valence-corrected chi connectivity index (χ4v) is 2.26. The van der Waals surface area contributed by atoms with Crippen molar-refractivity contribution in [1.82, 2.24) is 0 Å². The summed E-state index contributed by atoms with van der Waals surface area (Å²) < 4.78 is 2.22. The minimum atomic E-state index is 0.809. The summed E-state index contributed by atoms with van der Waals surface area (Å²) >= 11 is 6.11. The predicted molar refractivity (Wildman–Crippen MR) is 66.4 cm³/mol. The minimum absolute atomic E-state index is 0.809. The number of halogens is 1. The van der Waals surface area contributed by atoms with Crippen LogP contribution in [-0.4, -0.2) is 17.3 Å². The highest BCUT2D eigenvalue weighted by Gasteiger charge is 2.26. The quantitative estimate of drug-likeness (QED) is 0.636. The summed E-state index contributed by atoms with van der Waals surface area (Å²) in [6.45, 7) is 4.19. The third kappa shape index (κ3) is 1.72. The van der Waals surface area contributed by atoms with E-state index in [2.05, 4.69) is 30.7 Å². The lowest BCUT2D eigenvalue weighted by Gasteiger charge is -2.01. The molecule has 0 spiro atoms. The molecule has 78 valence electrons. The standard InChI is InChI=1S/C13H15ClN/c1-4-5-10-7-11(14)8-13-12(10)6-9(2)15(13)3/h4-5,7-8H,6H2,1-3H3/q+1/b5-4-. The number of nitrogens with zero attached hydrogens (tertiary/aromatic N) is 1. The van der Waals surface area contributed by atoms with Gasteiger partial charge in [-0.1, -0.05) is 23.8 Å². The van der Waals surface area contributed by atoms with Gasteiger partial charge in [-0.25, -0.2) is 4.58 Å². The first-order chi connectivity index (χ1) is 7.13. The predicted octanol–water partition coefficient (Wildman–Crippen LogP) is 3.66. The van der Waals surface area contributed by atoms with Crippen molar-refractivity contribution < 1.29 is 4.58 Å². The molecule has 0 saturated carbocycles. The van der Waals surface area contributed by atoms with Crippen LogP contribution in [0.15, 0.2) is 18.2 Å². The lowest BCUT2D eigenvalue weighted by Crippen LogP contribution is -2.02. The van der Waals surface area contributed by atoms with Gasteiger partial charge < -0.3 is 0 Å². The average Bonchev–Trinajstić information content (AvgIpc) is 2.46. The van der Waals surface area contributed by atoms with Gasteiger partial charge in [-0.05, 0) is 18.6 Å². The smallest absolute Gasteiger partial charge is 0.202 e. The number of hydrogen-bond donors (Lipinski definition) is 0. The Morgan fingerprint density at radius 1 is 1.40 bits per heavy atom. The number of fused-ring (bicyclic) bond motifs is 1. The van der Waals surface area contributed by atoms with Gasteiger partial charge in [0.05, 0.1) is 6.42 Å². The van der Waals surface area contributed by atoms with Crippen LogP contribution in [0.25, 0.3) is 6.08 Å². The van der Waals surface area contributed by atoms with Crippen LogP contribution in [-0.2, 0) is 6.42 Å². The van der Waals surface area contributed by atoms with E-state index in [4.69, 9.17) is 11.6 Å². The van der Waals surface area contributed by atoms with Gasteiger partial charge >= 0.3 is 0 Å². The van der Waals surface area contributed by atoms with Crippen molar-refractivity contribution in [2.45, 2.75) is 20.3 Å². The fourth-order valence-electron chi connectivity index (χ4n) is 2.04. The van der Waals surface area contributed by atoms with Gasteiger partial charge in [0.1, 0.15) is 7.05 Å². The Hall–Kier alpha value is -1.08. The highest BCUT2D eigenvalue weighted by Crippen LogP contribution is 2.32. The molecule has 2 rings (SSSR count). The number of hydrogen-bond acceptors (Lipinski definition) is 0. The van der Waals surface area contributed by atoms with E-state index in [1.54, 1.807) is 0 Å². The topological polar surface area (TPSA) is 3.01 Å². The number of benzene rings is 1. The summed E-state index contributed by atoms with van der Waals surface area (Å²) in [6.07, 6.45) is 5.21. The van der Waals surface area contributed by atoms with E-state index in [9.17, 15) is 0 Å². The number of allylic oxidation sites excluding steroid dienone is 1. The van der Waals surface area contributed by atoms with Crippen molar-refractivity contribution in [3.05, 3.63) is 34.4 Å². The first-order valence-corrected chi connectivity index (χ1v) is 5.52. The molecule has 0 radical (unpaired) electrons. The Morgan fingerprint density at radius 3 is 2.80 bits per heavy atom. The second kappa shape index (κ2) is 3.82. The largest absolute Gasteiger partial charge is 0.210 e. The van der Waals surface area contributed by atoms with Gasteiger partial charge in [0.15, 0.2) is 5.71 Å². The molecule has 0 atom stereocenters. The van der Waals surface area contributed by atoms with Crippen LogP contribution in [0, 0.1) is 0 Å². The van der Waals surface area contributed by atoms with Crippen LogP contribution in [0.2, 0.25) is 5.02 Å². The Bertz CT molecular complexity index is 470. The molecule has 2 heteroatoms. The second-order valence-electron chi connectivity index (χ2n) is 3.96. The Labute approximate surface area is 95.7 Å². The lowest BCUT2D eigenvalue weighted by molar-refractivity contribution is -0.402. The lowest BCUT2D eigenvalue weighted by atomic mass is 10.0. The van der Waals surface area contributed by atoms with Crippen molar-refractivity contribution in [2.75, 3.05) is 7.05 Å². The van der Waals surface area contributed by atoms with Gasteiger partial charge in [-0.15, -0.1) is 0 Å². The third-order valence-corrected chi connectivity index (χ3v) is 3.16. The van der Waals surface area contributed by atoms with Crippen LogP contribution in [0.1, 0.15) is 25.0 Å². The Kier molecular flexibility index (Phi) is 2.66. The first kappa shape index (κ1) is 10.4. The zero-order valence-electron chi connectivity index (χ0n) is 9.34. The van der Waals surface area contributed by atoms with Crippen molar-refractivity contribution in [3.63, 3.8) is 0 Å². The van der Waals surface area contributed by atoms with Crippen molar-refractivity contribution in [3.8, 4) is 0 Å². The summed E-state index contributed by atoms with van der Waals surface area (Å²) in [4.78, 5) is 0.